The van der Waals surface area contributed by atoms with Crippen LogP contribution in [0.1, 0.15) is 33.3 Å². The highest BCUT2D eigenvalue weighted by atomic mass is 32.1. The highest BCUT2D eigenvalue weighted by Crippen LogP contribution is 2.28. The van der Waals surface area contributed by atoms with E-state index in [0.717, 1.165) is 5.56 Å². The van der Waals surface area contributed by atoms with Gasteiger partial charge in [0.15, 0.2) is 6.10 Å². The van der Waals surface area contributed by atoms with E-state index >= 15 is 0 Å². The van der Waals surface area contributed by atoms with Crippen molar-refractivity contribution in [3.8, 4) is 5.75 Å². The molecule has 9 nitrogen and oxygen atoms in total. The van der Waals surface area contributed by atoms with E-state index in [1.54, 1.807) is 19.1 Å². The van der Waals surface area contributed by atoms with Crippen molar-refractivity contribution in [2.24, 2.45) is 0 Å². The molecule has 10 heteroatoms. The molecule has 166 valence electrons. The number of esters is 2. The molecule has 0 bridgehead atoms. The topological polar surface area (TPSA) is 113 Å². The molecule has 1 heterocycles. The Labute approximate surface area is 180 Å². The third kappa shape index (κ3) is 6.82. The van der Waals surface area contributed by atoms with E-state index in [2.05, 4.69) is 5.32 Å². The van der Waals surface area contributed by atoms with Crippen LogP contribution in [-0.2, 0) is 35.1 Å². The standard InChI is InChI=1S/C20H27NO8S/c1-5-25-20(30)21-10-14-6-8-15(9-7-14)29-19-18(28-13(4)23)17(27-12(3)22)16(24)11(2)26-19/h6-9,11,16-19,24H,5,10H2,1-4H3,(H,21,30)/t11-,16-,17+,18+,19-/m0/s1. The lowest BCUT2D eigenvalue weighted by Crippen LogP contribution is -2.60. The van der Waals surface area contributed by atoms with E-state index in [0.29, 0.717) is 24.1 Å². The lowest BCUT2D eigenvalue weighted by atomic mass is 9.99. The van der Waals surface area contributed by atoms with Crippen molar-refractivity contribution in [2.45, 2.75) is 64.9 Å². The van der Waals surface area contributed by atoms with Crippen LogP contribution in [0.5, 0.6) is 5.75 Å². The summed E-state index contributed by atoms with van der Waals surface area (Å²) in [7, 11) is 0. The number of hydrogen-bond donors (Lipinski definition) is 2. The molecule has 1 aliphatic rings. The van der Waals surface area contributed by atoms with Gasteiger partial charge in [0.25, 0.3) is 5.17 Å². The molecule has 0 spiro atoms. The van der Waals surface area contributed by atoms with Crippen molar-refractivity contribution >= 4 is 29.3 Å². The molecule has 1 saturated heterocycles. The number of aliphatic hydroxyl groups excluding tert-OH is 1. The second-order valence-electron chi connectivity index (χ2n) is 6.68. The fraction of sp³-hybridized carbons (Fsp3) is 0.550. The molecule has 0 saturated carbocycles. The van der Waals surface area contributed by atoms with Gasteiger partial charge in [-0.15, -0.1) is 0 Å². The quantitative estimate of drug-likeness (QED) is 0.476. The van der Waals surface area contributed by atoms with Gasteiger partial charge in [0, 0.05) is 20.4 Å². The minimum absolute atomic E-state index is 0.321. The maximum Gasteiger partial charge on any atom is 0.303 e. The van der Waals surface area contributed by atoms with Gasteiger partial charge in [-0.3, -0.25) is 9.59 Å². The zero-order valence-corrected chi connectivity index (χ0v) is 18.1. The lowest BCUT2D eigenvalue weighted by Gasteiger charge is -2.42. The summed E-state index contributed by atoms with van der Waals surface area (Å²) in [6.07, 6.45) is -5.23. The molecule has 0 amide bonds. The number of hydrogen-bond acceptors (Lipinski definition) is 9. The number of rotatable bonds is 7. The van der Waals surface area contributed by atoms with Crippen LogP contribution in [0.3, 0.4) is 0 Å². The third-order valence-corrected chi connectivity index (χ3v) is 4.51. The summed E-state index contributed by atoms with van der Waals surface area (Å²) < 4.78 is 27.1. The average molecular weight is 442 g/mol. The second-order valence-corrected chi connectivity index (χ2v) is 7.05. The summed E-state index contributed by atoms with van der Waals surface area (Å²) in [6.45, 7) is 6.84. The van der Waals surface area contributed by atoms with Gasteiger partial charge < -0.3 is 34.1 Å². The largest absolute Gasteiger partial charge is 0.471 e. The van der Waals surface area contributed by atoms with Crippen molar-refractivity contribution < 1.29 is 38.4 Å². The van der Waals surface area contributed by atoms with Crippen LogP contribution in [0, 0.1) is 0 Å². The van der Waals surface area contributed by atoms with Crippen molar-refractivity contribution in [3.63, 3.8) is 0 Å². The van der Waals surface area contributed by atoms with Gasteiger partial charge >= 0.3 is 11.9 Å². The number of nitrogens with one attached hydrogen (secondary N) is 1. The summed E-state index contributed by atoms with van der Waals surface area (Å²) in [5.41, 5.74) is 0.937. The molecule has 5 atom stereocenters. The Kier molecular flexibility index (Phi) is 8.82. The fourth-order valence-corrected chi connectivity index (χ4v) is 3.09. The SMILES string of the molecule is CCOC(=S)NCc1ccc(O[C@@H]2O[C@@H](C)[C@H](O)[C@@H](OC(C)=O)[C@H]2OC(C)=O)cc1. The van der Waals surface area contributed by atoms with Crippen molar-refractivity contribution in [1.29, 1.82) is 0 Å². The number of thiocarbonyl (C=S) groups is 1. The first-order valence-corrected chi connectivity index (χ1v) is 9.96. The molecular formula is C20H27NO8S. The third-order valence-electron chi connectivity index (χ3n) is 4.25. The van der Waals surface area contributed by atoms with E-state index in [9.17, 15) is 14.7 Å². The monoisotopic (exact) mass is 441 g/mol. The predicted octanol–water partition coefficient (Wildman–Crippen LogP) is 1.45. The molecule has 2 N–H and O–H groups in total. The molecule has 0 aliphatic carbocycles. The van der Waals surface area contributed by atoms with Gasteiger partial charge in [0.2, 0.25) is 12.4 Å². The molecule has 1 aromatic carbocycles. The molecule has 0 aromatic heterocycles. The first kappa shape index (κ1) is 23.8. The lowest BCUT2D eigenvalue weighted by molar-refractivity contribution is -0.277. The Morgan fingerprint density at radius 3 is 2.30 bits per heavy atom. The smallest absolute Gasteiger partial charge is 0.303 e. The van der Waals surface area contributed by atoms with Gasteiger partial charge in [-0.2, -0.15) is 0 Å². The minimum Gasteiger partial charge on any atom is -0.471 e. The van der Waals surface area contributed by atoms with E-state index < -0.39 is 42.6 Å². The molecule has 0 radical (unpaired) electrons. The molecule has 2 rings (SSSR count). The van der Waals surface area contributed by atoms with E-state index in [4.69, 9.17) is 35.9 Å². The summed E-state index contributed by atoms with van der Waals surface area (Å²) in [6, 6.07) is 7.07. The van der Waals surface area contributed by atoms with Gasteiger partial charge in [-0.05, 0) is 43.8 Å². The van der Waals surface area contributed by atoms with Gasteiger partial charge in [0.1, 0.15) is 11.9 Å². The van der Waals surface area contributed by atoms with Crippen LogP contribution < -0.4 is 10.1 Å². The van der Waals surface area contributed by atoms with Crippen LogP contribution in [0.4, 0.5) is 0 Å². The van der Waals surface area contributed by atoms with Gasteiger partial charge in [-0.1, -0.05) is 12.1 Å². The first-order chi connectivity index (χ1) is 14.2. The molecular weight excluding hydrogens is 414 g/mol. The summed E-state index contributed by atoms with van der Waals surface area (Å²) in [4.78, 5) is 23.0. The minimum atomic E-state index is -1.18. The van der Waals surface area contributed by atoms with E-state index in [1.807, 2.05) is 19.1 Å². The van der Waals surface area contributed by atoms with Crippen LogP contribution in [0.15, 0.2) is 24.3 Å². The first-order valence-electron chi connectivity index (χ1n) is 9.55. The van der Waals surface area contributed by atoms with E-state index in [-0.39, 0.29) is 0 Å². The number of benzene rings is 1. The average Bonchev–Trinajstić information content (AvgIpc) is 2.67. The Morgan fingerprint density at radius 1 is 1.13 bits per heavy atom. The van der Waals surface area contributed by atoms with E-state index in [1.165, 1.54) is 13.8 Å². The zero-order valence-electron chi connectivity index (χ0n) is 17.3. The maximum absolute atomic E-state index is 11.6. The Balaban J connectivity index is 2.10. The highest BCUT2D eigenvalue weighted by molar-refractivity contribution is 7.80. The molecule has 30 heavy (non-hydrogen) atoms. The number of aliphatic hydroxyl groups is 1. The molecule has 1 fully saturated rings. The van der Waals surface area contributed by atoms with Crippen LogP contribution in [0.2, 0.25) is 0 Å². The molecule has 1 aliphatic heterocycles. The van der Waals surface area contributed by atoms with Gasteiger partial charge in [-0.25, -0.2) is 0 Å². The summed E-state index contributed by atoms with van der Waals surface area (Å²) in [5.74, 6) is -0.799. The predicted molar refractivity (Wildman–Crippen MR) is 110 cm³/mol. The Morgan fingerprint density at radius 2 is 1.73 bits per heavy atom. The normalized spacial score (nSPS) is 25.7. The second kappa shape index (κ2) is 11.1. The number of carbonyl (C=O) groups excluding carboxylic acids is 2. The number of ether oxygens (including phenoxy) is 5. The Bertz CT molecular complexity index is 741. The van der Waals surface area contributed by atoms with Crippen LogP contribution in [0.25, 0.3) is 0 Å². The summed E-state index contributed by atoms with van der Waals surface area (Å²) in [5, 5.41) is 13.7. The van der Waals surface area contributed by atoms with Gasteiger partial charge in [0.05, 0.1) is 12.7 Å². The maximum atomic E-state index is 11.6. The Hall–Kier alpha value is -2.43. The van der Waals surface area contributed by atoms with Crippen molar-refractivity contribution in [2.75, 3.05) is 6.61 Å². The number of carbonyl (C=O) groups is 2. The zero-order chi connectivity index (χ0) is 22.3. The van der Waals surface area contributed by atoms with Crippen molar-refractivity contribution in [3.05, 3.63) is 29.8 Å². The fourth-order valence-electron chi connectivity index (χ4n) is 2.90. The van der Waals surface area contributed by atoms with Crippen LogP contribution in [-0.4, -0.2) is 59.5 Å². The van der Waals surface area contributed by atoms with Crippen LogP contribution >= 0.6 is 12.2 Å². The molecule has 1 aromatic rings. The molecule has 0 unspecified atom stereocenters. The van der Waals surface area contributed by atoms with Crippen molar-refractivity contribution in [1.82, 2.24) is 5.32 Å². The summed E-state index contributed by atoms with van der Waals surface area (Å²) >= 11 is 5.02. The highest BCUT2D eigenvalue weighted by Gasteiger charge is 2.49.